The zero-order valence-corrected chi connectivity index (χ0v) is 12.6. The second kappa shape index (κ2) is 5.97. The first kappa shape index (κ1) is 15.1. The fourth-order valence-corrected chi connectivity index (χ4v) is 2.85. The van der Waals surface area contributed by atoms with Crippen LogP contribution in [0.3, 0.4) is 0 Å². The fraction of sp³-hybridized carbons (Fsp3) is 0.133. The molecule has 0 fully saturated rings. The van der Waals surface area contributed by atoms with Crippen LogP contribution in [-0.2, 0) is 10.0 Å². The van der Waals surface area contributed by atoms with Crippen LogP contribution in [0.25, 0.3) is 0 Å². The second-order valence-electron chi connectivity index (χ2n) is 4.68. The summed E-state index contributed by atoms with van der Waals surface area (Å²) in [5.41, 5.74) is 2.45. The van der Waals surface area contributed by atoms with Gasteiger partial charge in [-0.15, -0.1) is 0 Å². The van der Waals surface area contributed by atoms with Crippen LogP contribution in [0.4, 0.5) is 5.69 Å². The summed E-state index contributed by atoms with van der Waals surface area (Å²) in [4.78, 5) is 0.200. The molecule has 0 aliphatic carbocycles. The third-order valence-electron chi connectivity index (χ3n) is 3.01. The Morgan fingerprint density at radius 3 is 2.43 bits per heavy atom. The van der Waals surface area contributed by atoms with E-state index in [9.17, 15) is 8.42 Å². The molecule has 0 amide bonds. The van der Waals surface area contributed by atoms with E-state index in [4.69, 9.17) is 5.21 Å². The Morgan fingerprint density at radius 2 is 1.81 bits per heavy atom. The quantitative estimate of drug-likeness (QED) is 0.518. The van der Waals surface area contributed by atoms with Gasteiger partial charge in [0.2, 0.25) is 0 Å². The summed E-state index contributed by atoms with van der Waals surface area (Å²) in [7, 11) is -3.63. The second-order valence-corrected chi connectivity index (χ2v) is 6.37. The molecule has 2 N–H and O–H groups in total. The van der Waals surface area contributed by atoms with Crippen molar-refractivity contribution in [1.82, 2.24) is 0 Å². The van der Waals surface area contributed by atoms with Gasteiger partial charge in [-0.3, -0.25) is 4.72 Å². The van der Waals surface area contributed by atoms with Crippen molar-refractivity contribution in [2.24, 2.45) is 5.16 Å². The van der Waals surface area contributed by atoms with Gasteiger partial charge < -0.3 is 5.21 Å². The number of oxime groups is 1. The van der Waals surface area contributed by atoms with Gasteiger partial charge in [-0.25, -0.2) is 8.42 Å². The molecule has 2 aromatic rings. The van der Waals surface area contributed by atoms with E-state index in [1.54, 1.807) is 55.5 Å². The molecule has 21 heavy (non-hydrogen) atoms. The molecule has 0 bridgehead atoms. The zero-order valence-electron chi connectivity index (χ0n) is 11.7. The van der Waals surface area contributed by atoms with Gasteiger partial charge in [0, 0.05) is 11.3 Å². The van der Waals surface area contributed by atoms with Crippen LogP contribution < -0.4 is 4.72 Å². The maximum absolute atomic E-state index is 12.3. The molecular weight excluding hydrogens is 288 g/mol. The number of hydrogen-bond donors (Lipinski definition) is 2. The van der Waals surface area contributed by atoms with Crippen LogP contribution in [0.2, 0.25) is 0 Å². The number of aryl methyl sites for hydroxylation is 1. The Labute approximate surface area is 124 Å². The number of nitrogens with zero attached hydrogens (tertiary/aromatic N) is 1. The van der Waals surface area contributed by atoms with E-state index in [2.05, 4.69) is 9.88 Å². The molecule has 0 aromatic heterocycles. The Morgan fingerprint density at radius 1 is 1.14 bits per heavy atom. The van der Waals surface area contributed by atoms with Crippen molar-refractivity contribution in [2.75, 3.05) is 4.72 Å². The van der Waals surface area contributed by atoms with E-state index < -0.39 is 10.0 Å². The summed E-state index contributed by atoms with van der Waals surface area (Å²) < 4.78 is 27.1. The molecular formula is C15H16N2O3S. The topological polar surface area (TPSA) is 78.8 Å². The minimum atomic E-state index is -3.63. The van der Waals surface area contributed by atoms with Gasteiger partial charge in [-0.05, 0) is 38.1 Å². The summed E-state index contributed by atoms with van der Waals surface area (Å²) in [5, 5.41) is 11.9. The van der Waals surface area contributed by atoms with Crippen molar-refractivity contribution < 1.29 is 13.6 Å². The molecule has 110 valence electrons. The minimum absolute atomic E-state index is 0.200. The Balaban J connectivity index is 2.31. The van der Waals surface area contributed by atoms with E-state index >= 15 is 0 Å². The van der Waals surface area contributed by atoms with Gasteiger partial charge in [-0.2, -0.15) is 0 Å². The van der Waals surface area contributed by atoms with Crippen molar-refractivity contribution in [3.63, 3.8) is 0 Å². The maximum atomic E-state index is 12.3. The first-order valence-electron chi connectivity index (χ1n) is 6.31. The van der Waals surface area contributed by atoms with Crippen molar-refractivity contribution in [3.8, 4) is 0 Å². The first-order chi connectivity index (χ1) is 9.92. The van der Waals surface area contributed by atoms with Gasteiger partial charge >= 0.3 is 0 Å². The number of benzene rings is 2. The third-order valence-corrected chi connectivity index (χ3v) is 4.41. The highest BCUT2D eigenvalue weighted by atomic mass is 32.2. The van der Waals surface area contributed by atoms with Crippen molar-refractivity contribution in [3.05, 3.63) is 59.7 Å². The average Bonchev–Trinajstić information content (AvgIpc) is 2.46. The zero-order chi connectivity index (χ0) is 15.5. The highest BCUT2D eigenvalue weighted by Gasteiger charge is 2.14. The normalized spacial score (nSPS) is 12.2. The molecule has 6 heteroatoms. The van der Waals surface area contributed by atoms with E-state index in [1.165, 1.54) is 0 Å². The predicted octanol–water partition coefficient (Wildman–Crippen LogP) is 2.99. The summed E-state index contributed by atoms with van der Waals surface area (Å²) in [5.74, 6) is 0. The maximum Gasteiger partial charge on any atom is 0.261 e. The van der Waals surface area contributed by atoms with Gasteiger partial charge in [0.1, 0.15) is 0 Å². The number of hydrogen-bond acceptors (Lipinski definition) is 4. The lowest BCUT2D eigenvalue weighted by Crippen LogP contribution is -2.13. The molecule has 0 saturated carbocycles. The van der Waals surface area contributed by atoms with E-state index in [0.717, 1.165) is 5.56 Å². The number of nitrogens with one attached hydrogen (secondary N) is 1. The highest BCUT2D eigenvalue weighted by molar-refractivity contribution is 7.92. The Bertz CT molecular complexity index is 766. The minimum Gasteiger partial charge on any atom is -0.411 e. The highest BCUT2D eigenvalue weighted by Crippen LogP contribution is 2.18. The average molecular weight is 304 g/mol. The van der Waals surface area contributed by atoms with E-state index in [1.807, 2.05) is 6.92 Å². The monoisotopic (exact) mass is 304 g/mol. The van der Waals surface area contributed by atoms with Crippen LogP contribution in [0.1, 0.15) is 18.1 Å². The van der Waals surface area contributed by atoms with Gasteiger partial charge in [-0.1, -0.05) is 35.0 Å². The van der Waals surface area contributed by atoms with Crippen LogP contribution in [0, 0.1) is 6.92 Å². The molecule has 5 nitrogen and oxygen atoms in total. The van der Waals surface area contributed by atoms with Crippen molar-refractivity contribution in [2.45, 2.75) is 18.7 Å². The smallest absolute Gasteiger partial charge is 0.261 e. The number of rotatable bonds is 4. The van der Waals surface area contributed by atoms with E-state index in [-0.39, 0.29) is 4.90 Å². The summed E-state index contributed by atoms with van der Waals surface area (Å²) >= 11 is 0. The fourth-order valence-electron chi connectivity index (χ4n) is 1.80. The number of sulfonamides is 1. The number of anilines is 1. The third kappa shape index (κ3) is 3.61. The first-order valence-corrected chi connectivity index (χ1v) is 7.79. The SMILES string of the molecule is CC(=NO)c1cccc(NS(=O)(=O)c2ccc(C)cc2)c1. The molecule has 0 atom stereocenters. The summed E-state index contributed by atoms with van der Waals surface area (Å²) in [6, 6.07) is 13.3. The summed E-state index contributed by atoms with van der Waals surface area (Å²) in [6.45, 7) is 3.53. The standard InChI is InChI=1S/C15H16N2O3S/c1-11-6-8-15(9-7-11)21(19,20)17-14-5-3-4-13(10-14)12(2)16-18/h3-10,17-18H,1-2H3. The van der Waals surface area contributed by atoms with Crippen LogP contribution in [-0.4, -0.2) is 19.3 Å². The molecule has 0 spiro atoms. The largest absolute Gasteiger partial charge is 0.411 e. The van der Waals surface area contributed by atoms with Crippen LogP contribution >= 0.6 is 0 Å². The molecule has 0 radical (unpaired) electrons. The molecule has 0 aliphatic heterocycles. The molecule has 0 heterocycles. The Kier molecular flexibility index (Phi) is 4.28. The lowest BCUT2D eigenvalue weighted by Gasteiger charge is -2.09. The Hall–Kier alpha value is -2.34. The lowest BCUT2D eigenvalue weighted by molar-refractivity contribution is 0.319. The van der Waals surface area contributed by atoms with Gasteiger partial charge in [0.25, 0.3) is 10.0 Å². The molecule has 0 saturated heterocycles. The molecule has 2 aromatic carbocycles. The molecule has 0 aliphatic rings. The molecule has 0 unspecified atom stereocenters. The van der Waals surface area contributed by atoms with Crippen molar-refractivity contribution >= 4 is 21.4 Å². The van der Waals surface area contributed by atoms with Gasteiger partial charge in [0.05, 0.1) is 10.6 Å². The van der Waals surface area contributed by atoms with Crippen molar-refractivity contribution in [1.29, 1.82) is 0 Å². The predicted molar refractivity (Wildman–Crippen MR) is 82.4 cm³/mol. The van der Waals surface area contributed by atoms with Crippen LogP contribution in [0.15, 0.2) is 58.6 Å². The molecule has 2 rings (SSSR count). The van der Waals surface area contributed by atoms with E-state index in [0.29, 0.717) is 17.0 Å². The van der Waals surface area contributed by atoms with Crippen LogP contribution in [0.5, 0.6) is 0 Å². The lowest BCUT2D eigenvalue weighted by atomic mass is 10.1. The van der Waals surface area contributed by atoms with Gasteiger partial charge in [0.15, 0.2) is 0 Å². The summed E-state index contributed by atoms with van der Waals surface area (Å²) in [6.07, 6.45) is 0.